The van der Waals surface area contributed by atoms with Gasteiger partial charge in [0.1, 0.15) is 11.8 Å². The van der Waals surface area contributed by atoms with Crippen LogP contribution in [0.5, 0.6) is 5.75 Å². The maximum atomic E-state index is 12.6. The van der Waals surface area contributed by atoms with Gasteiger partial charge in [-0.2, -0.15) is 0 Å². The van der Waals surface area contributed by atoms with Gasteiger partial charge in [-0.05, 0) is 49.2 Å². The molecule has 1 aliphatic rings. The number of ether oxygens (including phenoxy) is 1. The van der Waals surface area contributed by atoms with Gasteiger partial charge < -0.3 is 20.3 Å². The zero-order valence-electron chi connectivity index (χ0n) is 14.3. The van der Waals surface area contributed by atoms with Crippen LogP contribution >= 0.6 is 0 Å². The number of carbonyl (C=O) groups is 2. The number of amides is 3. The van der Waals surface area contributed by atoms with E-state index in [1.807, 2.05) is 24.3 Å². The van der Waals surface area contributed by atoms with Crippen molar-refractivity contribution in [1.29, 1.82) is 0 Å². The average molecular weight is 339 g/mol. The first-order valence-corrected chi connectivity index (χ1v) is 8.19. The predicted octanol–water partition coefficient (Wildman–Crippen LogP) is 2.79. The molecule has 2 aromatic carbocycles. The molecule has 0 aliphatic carbocycles. The molecule has 0 fully saturated rings. The molecule has 0 aromatic heterocycles. The van der Waals surface area contributed by atoms with Gasteiger partial charge in [0.15, 0.2) is 0 Å². The van der Waals surface area contributed by atoms with Gasteiger partial charge in [-0.3, -0.25) is 4.79 Å². The number of para-hydroxylation sites is 1. The number of methoxy groups -OCH3 is 1. The molecule has 0 saturated carbocycles. The fourth-order valence-corrected chi connectivity index (χ4v) is 2.90. The van der Waals surface area contributed by atoms with Crippen LogP contribution in [0.25, 0.3) is 0 Å². The first-order chi connectivity index (χ1) is 12.1. The Morgan fingerprint density at radius 1 is 1.12 bits per heavy atom. The molecule has 25 heavy (non-hydrogen) atoms. The van der Waals surface area contributed by atoms with Crippen LogP contribution in [0.3, 0.4) is 0 Å². The third kappa shape index (κ3) is 3.74. The number of hydrogen-bond acceptors (Lipinski definition) is 3. The van der Waals surface area contributed by atoms with E-state index in [2.05, 4.69) is 10.6 Å². The zero-order chi connectivity index (χ0) is 17.8. The fraction of sp³-hybridized carbons (Fsp3) is 0.263. The molecular weight excluding hydrogens is 318 g/mol. The number of nitrogens with one attached hydrogen (secondary N) is 2. The van der Waals surface area contributed by atoms with Crippen molar-refractivity contribution in [1.82, 2.24) is 5.32 Å². The van der Waals surface area contributed by atoms with Gasteiger partial charge in [-0.15, -0.1) is 0 Å². The summed E-state index contributed by atoms with van der Waals surface area (Å²) in [6.07, 6.45) is 0.840. The third-order valence-corrected chi connectivity index (χ3v) is 4.22. The van der Waals surface area contributed by atoms with Crippen LogP contribution in [-0.2, 0) is 11.2 Å². The molecule has 0 saturated heterocycles. The van der Waals surface area contributed by atoms with E-state index in [9.17, 15) is 9.59 Å². The molecule has 3 rings (SSSR count). The summed E-state index contributed by atoms with van der Waals surface area (Å²) in [5, 5.41) is 5.40. The molecule has 0 spiro atoms. The SMILES string of the molecule is COc1ccc(NC(=O)N[C@H](C)C(=O)N2CCc3ccccc32)cc1. The first-order valence-electron chi connectivity index (χ1n) is 8.19. The summed E-state index contributed by atoms with van der Waals surface area (Å²) in [5.74, 6) is 0.594. The Hall–Kier alpha value is -3.02. The topological polar surface area (TPSA) is 70.7 Å². The second-order valence-electron chi connectivity index (χ2n) is 5.92. The van der Waals surface area contributed by atoms with Crippen molar-refractivity contribution in [3.05, 3.63) is 54.1 Å². The Bertz CT molecular complexity index is 774. The number of carbonyl (C=O) groups excluding carboxylic acids is 2. The minimum atomic E-state index is -0.621. The van der Waals surface area contributed by atoms with Crippen LogP contribution in [0.1, 0.15) is 12.5 Å². The molecule has 2 N–H and O–H groups in total. The highest BCUT2D eigenvalue weighted by Gasteiger charge is 2.28. The molecule has 2 aromatic rings. The lowest BCUT2D eigenvalue weighted by atomic mass is 10.2. The van der Waals surface area contributed by atoms with E-state index in [1.165, 1.54) is 0 Å². The van der Waals surface area contributed by atoms with Crippen molar-refractivity contribution in [2.75, 3.05) is 23.9 Å². The van der Waals surface area contributed by atoms with E-state index in [-0.39, 0.29) is 5.91 Å². The van der Waals surface area contributed by atoms with Gasteiger partial charge in [0.2, 0.25) is 5.91 Å². The predicted molar refractivity (Wildman–Crippen MR) is 97.1 cm³/mol. The number of hydrogen-bond donors (Lipinski definition) is 2. The van der Waals surface area contributed by atoms with Gasteiger partial charge in [0.05, 0.1) is 7.11 Å². The first kappa shape index (κ1) is 16.8. The summed E-state index contributed by atoms with van der Waals surface area (Å²) < 4.78 is 5.08. The highest BCUT2D eigenvalue weighted by atomic mass is 16.5. The Labute approximate surface area is 146 Å². The van der Waals surface area contributed by atoms with Crippen LogP contribution in [0.4, 0.5) is 16.2 Å². The molecule has 0 radical (unpaired) electrons. The number of nitrogens with zero attached hydrogens (tertiary/aromatic N) is 1. The van der Waals surface area contributed by atoms with Crippen molar-refractivity contribution in [2.45, 2.75) is 19.4 Å². The molecule has 0 bridgehead atoms. The molecule has 3 amide bonds. The Morgan fingerprint density at radius 3 is 2.56 bits per heavy atom. The van der Waals surface area contributed by atoms with E-state index in [0.717, 1.165) is 17.7 Å². The van der Waals surface area contributed by atoms with Gasteiger partial charge in [-0.1, -0.05) is 18.2 Å². The van der Waals surface area contributed by atoms with Crippen LogP contribution < -0.4 is 20.3 Å². The maximum Gasteiger partial charge on any atom is 0.319 e. The summed E-state index contributed by atoms with van der Waals surface area (Å²) in [5.41, 5.74) is 2.71. The minimum Gasteiger partial charge on any atom is -0.497 e. The largest absolute Gasteiger partial charge is 0.497 e. The van der Waals surface area contributed by atoms with Crippen molar-refractivity contribution in [3.63, 3.8) is 0 Å². The molecule has 0 unspecified atom stereocenters. The average Bonchev–Trinajstić information content (AvgIpc) is 3.05. The highest BCUT2D eigenvalue weighted by Crippen LogP contribution is 2.27. The van der Waals surface area contributed by atoms with Crippen LogP contribution in [0, 0.1) is 0 Å². The van der Waals surface area contributed by atoms with Gasteiger partial charge in [0.25, 0.3) is 0 Å². The molecular formula is C19H21N3O3. The second-order valence-corrected chi connectivity index (χ2v) is 5.92. The molecule has 1 aliphatic heterocycles. The lowest BCUT2D eigenvalue weighted by Gasteiger charge is -2.22. The van der Waals surface area contributed by atoms with Crippen molar-refractivity contribution in [2.24, 2.45) is 0 Å². The lowest BCUT2D eigenvalue weighted by molar-refractivity contribution is -0.119. The number of rotatable bonds is 4. The second kappa shape index (κ2) is 7.25. The number of urea groups is 1. The molecule has 6 heteroatoms. The van der Waals surface area contributed by atoms with Crippen molar-refractivity contribution < 1.29 is 14.3 Å². The van der Waals surface area contributed by atoms with Crippen LogP contribution in [-0.4, -0.2) is 31.6 Å². The molecule has 130 valence electrons. The molecule has 1 heterocycles. The zero-order valence-corrected chi connectivity index (χ0v) is 14.3. The van der Waals surface area contributed by atoms with Crippen LogP contribution in [0.2, 0.25) is 0 Å². The minimum absolute atomic E-state index is 0.116. The van der Waals surface area contributed by atoms with E-state index in [1.54, 1.807) is 43.2 Å². The van der Waals surface area contributed by atoms with E-state index in [0.29, 0.717) is 18.0 Å². The summed E-state index contributed by atoms with van der Waals surface area (Å²) in [7, 11) is 1.58. The Morgan fingerprint density at radius 2 is 1.84 bits per heavy atom. The monoisotopic (exact) mass is 339 g/mol. The summed E-state index contributed by atoms with van der Waals surface area (Å²) in [6, 6.07) is 13.8. The summed E-state index contributed by atoms with van der Waals surface area (Å²) >= 11 is 0. The highest BCUT2D eigenvalue weighted by molar-refractivity contribution is 6.01. The molecule has 6 nitrogen and oxygen atoms in total. The maximum absolute atomic E-state index is 12.6. The van der Waals surface area contributed by atoms with E-state index >= 15 is 0 Å². The van der Waals surface area contributed by atoms with Crippen molar-refractivity contribution in [3.8, 4) is 5.75 Å². The third-order valence-electron chi connectivity index (χ3n) is 4.22. The lowest BCUT2D eigenvalue weighted by Crippen LogP contribution is -2.47. The molecule has 1 atom stereocenters. The number of fused-ring (bicyclic) bond motifs is 1. The number of benzene rings is 2. The quantitative estimate of drug-likeness (QED) is 0.900. The standard InChI is InChI=1S/C19H21N3O3/c1-13(18(23)22-12-11-14-5-3-4-6-17(14)22)20-19(24)21-15-7-9-16(25-2)10-8-15/h3-10,13H,11-12H2,1-2H3,(H2,20,21,24)/t13-/m1/s1. The summed E-state index contributed by atoms with van der Waals surface area (Å²) in [4.78, 5) is 26.5. The number of anilines is 2. The van der Waals surface area contributed by atoms with Gasteiger partial charge >= 0.3 is 6.03 Å². The normalized spacial score (nSPS) is 13.8. The Balaban J connectivity index is 1.58. The fourth-order valence-electron chi connectivity index (χ4n) is 2.90. The Kier molecular flexibility index (Phi) is 4.88. The van der Waals surface area contributed by atoms with E-state index in [4.69, 9.17) is 4.74 Å². The smallest absolute Gasteiger partial charge is 0.319 e. The van der Waals surface area contributed by atoms with Crippen LogP contribution in [0.15, 0.2) is 48.5 Å². The van der Waals surface area contributed by atoms with Gasteiger partial charge in [-0.25, -0.2) is 4.79 Å². The van der Waals surface area contributed by atoms with Gasteiger partial charge in [0, 0.05) is 17.9 Å². The van der Waals surface area contributed by atoms with E-state index < -0.39 is 12.1 Å². The summed E-state index contributed by atoms with van der Waals surface area (Å²) in [6.45, 7) is 2.33. The van der Waals surface area contributed by atoms with Crippen molar-refractivity contribution >= 4 is 23.3 Å².